The topological polar surface area (TPSA) is 57.5 Å². The number of hydrogen-bond acceptors (Lipinski definition) is 2. The van der Waals surface area contributed by atoms with Crippen LogP contribution in [-0.2, 0) is 6.42 Å². The maximum Gasteiger partial charge on any atom is 0.339 e. The molecule has 0 amide bonds. The van der Waals surface area contributed by atoms with Gasteiger partial charge in [-0.25, -0.2) is 4.79 Å². The van der Waals surface area contributed by atoms with Gasteiger partial charge in [0.2, 0.25) is 0 Å². The minimum atomic E-state index is -1.05. The lowest BCUT2D eigenvalue weighted by Crippen LogP contribution is -2.03. The Balaban J connectivity index is 2.05. The van der Waals surface area contributed by atoms with E-state index in [0.717, 1.165) is 31.2 Å². The van der Waals surface area contributed by atoms with Crippen molar-refractivity contribution >= 4 is 5.97 Å². The molecule has 0 aliphatic rings. The first-order valence-corrected chi connectivity index (χ1v) is 10.5. The molecule has 0 spiro atoms. The van der Waals surface area contributed by atoms with Gasteiger partial charge in [-0.15, -0.1) is 0 Å². The number of unbranched alkanes of at least 4 members (excludes halogenated alkanes) is 8. The molecular formula is C24H36O3. The second kappa shape index (κ2) is 15.1. The van der Waals surface area contributed by atoms with Gasteiger partial charge in [0.05, 0.1) is 0 Å². The summed E-state index contributed by atoms with van der Waals surface area (Å²) in [6.07, 6.45) is 22.8. The molecule has 1 rings (SSSR count). The molecular weight excluding hydrogens is 336 g/mol. The second-order valence-corrected chi connectivity index (χ2v) is 7.10. The summed E-state index contributed by atoms with van der Waals surface area (Å²) in [5, 5.41) is 18.9. The lowest BCUT2D eigenvalue weighted by molar-refractivity contribution is 0.0692. The molecule has 2 N–H and O–H groups in total. The van der Waals surface area contributed by atoms with E-state index >= 15 is 0 Å². The van der Waals surface area contributed by atoms with Crippen LogP contribution in [0.15, 0.2) is 42.5 Å². The Bertz CT molecular complexity index is 587. The molecule has 0 bridgehead atoms. The highest BCUT2D eigenvalue weighted by Gasteiger charge is 2.14. The number of aromatic carboxylic acids is 1. The normalized spacial score (nSPS) is 11.6. The third-order valence-corrected chi connectivity index (χ3v) is 4.74. The maximum absolute atomic E-state index is 11.2. The number of carboxylic acids is 1. The monoisotopic (exact) mass is 372 g/mol. The second-order valence-electron chi connectivity index (χ2n) is 7.10. The first-order valence-electron chi connectivity index (χ1n) is 10.5. The molecule has 150 valence electrons. The minimum Gasteiger partial charge on any atom is -0.507 e. The van der Waals surface area contributed by atoms with Gasteiger partial charge < -0.3 is 10.2 Å². The fourth-order valence-corrected chi connectivity index (χ4v) is 3.17. The zero-order chi connectivity index (χ0) is 19.7. The number of allylic oxidation sites excluding steroid dienone is 4. The molecule has 0 fully saturated rings. The van der Waals surface area contributed by atoms with Gasteiger partial charge in [-0.3, -0.25) is 0 Å². The van der Waals surface area contributed by atoms with Gasteiger partial charge in [0.25, 0.3) is 0 Å². The van der Waals surface area contributed by atoms with E-state index < -0.39 is 5.97 Å². The van der Waals surface area contributed by atoms with E-state index in [9.17, 15) is 15.0 Å². The van der Waals surface area contributed by atoms with E-state index in [1.54, 1.807) is 12.1 Å². The molecule has 1 aromatic rings. The van der Waals surface area contributed by atoms with E-state index in [1.165, 1.54) is 51.0 Å². The molecule has 0 aromatic heterocycles. The van der Waals surface area contributed by atoms with Crippen LogP contribution in [0.1, 0.15) is 93.5 Å². The zero-order valence-corrected chi connectivity index (χ0v) is 16.8. The van der Waals surface area contributed by atoms with Gasteiger partial charge in [0.15, 0.2) is 0 Å². The van der Waals surface area contributed by atoms with Crippen LogP contribution < -0.4 is 0 Å². The molecule has 0 atom stereocenters. The molecule has 0 aliphatic carbocycles. The Morgan fingerprint density at radius 3 is 2.19 bits per heavy atom. The van der Waals surface area contributed by atoms with E-state index in [4.69, 9.17) is 0 Å². The summed E-state index contributed by atoms with van der Waals surface area (Å²) in [7, 11) is 0. The Kier molecular flexibility index (Phi) is 12.8. The number of benzene rings is 1. The van der Waals surface area contributed by atoms with Crippen LogP contribution in [-0.4, -0.2) is 16.2 Å². The molecule has 0 radical (unpaired) electrons. The molecule has 3 heteroatoms. The fourth-order valence-electron chi connectivity index (χ4n) is 3.17. The summed E-state index contributed by atoms with van der Waals surface area (Å²) >= 11 is 0. The third-order valence-electron chi connectivity index (χ3n) is 4.74. The highest BCUT2D eigenvalue weighted by Crippen LogP contribution is 2.23. The fraction of sp³-hybridized carbons (Fsp3) is 0.542. The van der Waals surface area contributed by atoms with Crippen molar-refractivity contribution in [3.8, 4) is 5.75 Å². The third kappa shape index (κ3) is 10.6. The van der Waals surface area contributed by atoms with Gasteiger partial charge in [0, 0.05) is 0 Å². The summed E-state index contributed by atoms with van der Waals surface area (Å²) < 4.78 is 0. The summed E-state index contributed by atoms with van der Waals surface area (Å²) in [5.41, 5.74) is 0.787. The molecule has 0 heterocycles. The van der Waals surface area contributed by atoms with Crippen molar-refractivity contribution in [2.75, 3.05) is 0 Å². The number of phenols is 1. The molecule has 1 aromatic carbocycles. The lowest BCUT2D eigenvalue weighted by Gasteiger charge is -2.07. The molecule has 3 nitrogen and oxygen atoms in total. The van der Waals surface area contributed by atoms with Gasteiger partial charge in [-0.05, 0) is 56.6 Å². The van der Waals surface area contributed by atoms with Crippen LogP contribution in [0, 0.1) is 0 Å². The van der Waals surface area contributed by atoms with Gasteiger partial charge in [0.1, 0.15) is 11.3 Å². The smallest absolute Gasteiger partial charge is 0.339 e. The average molecular weight is 373 g/mol. The van der Waals surface area contributed by atoms with Gasteiger partial charge >= 0.3 is 5.97 Å². The summed E-state index contributed by atoms with van der Waals surface area (Å²) in [6, 6.07) is 4.94. The van der Waals surface area contributed by atoms with E-state index in [0.29, 0.717) is 6.42 Å². The van der Waals surface area contributed by atoms with Crippen molar-refractivity contribution in [1.82, 2.24) is 0 Å². The molecule has 0 aliphatic heterocycles. The van der Waals surface area contributed by atoms with Crippen molar-refractivity contribution < 1.29 is 15.0 Å². The minimum absolute atomic E-state index is 0.0575. The largest absolute Gasteiger partial charge is 0.507 e. The van der Waals surface area contributed by atoms with Crippen LogP contribution in [0.2, 0.25) is 0 Å². The lowest BCUT2D eigenvalue weighted by atomic mass is 9.99. The zero-order valence-electron chi connectivity index (χ0n) is 16.8. The highest BCUT2D eigenvalue weighted by molar-refractivity contribution is 5.92. The van der Waals surface area contributed by atoms with Crippen molar-refractivity contribution in [2.45, 2.75) is 84.0 Å². The molecule has 27 heavy (non-hydrogen) atoms. The van der Waals surface area contributed by atoms with Gasteiger partial charge in [-0.1, -0.05) is 75.5 Å². The Hall–Kier alpha value is -2.03. The van der Waals surface area contributed by atoms with E-state index in [2.05, 4.69) is 31.2 Å². The number of aromatic hydroxyl groups is 1. The van der Waals surface area contributed by atoms with E-state index in [-0.39, 0.29) is 11.3 Å². The van der Waals surface area contributed by atoms with E-state index in [1.807, 2.05) is 0 Å². The quantitative estimate of drug-likeness (QED) is 0.256. The molecule has 0 unspecified atom stereocenters. The number of carbonyl (C=O) groups is 1. The Morgan fingerprint density at radius 2 is 1.52 bits per heavy atom. The summed E-state index contributed by atoms with van der Waals surface area (Å²) in [6.45, 7) is 2.23. The highest BCUT2D eigenvalue weighted by atomic mass is 16.4. The number of aryl methyl sites for hydroxylation is 1. The first-order chi connectivity index (χ1) is 13.2. The van der Waals surface area contributed by atoms with Crippen LogP contribution in [0.4, 0.5) is 0 Å². The standard InChI is InChI=1S/C24H36O3/c1-2-3-4-5-6-7-8-9-10-11-12-13-14-15-16-18-21-19-17-20-22(25)23(21)24(26)27/h6-7,9-10,17,19-20,25H,2-5,8,11-16,18H2,1H3,(H,26,27). The predicted molar refractivity (Wildman–Crippen MR) is 114 cm³/mol. The van der Waals surface area contributed by atoms with Crippen LogP contribution >= 0.6 is 0 Å². The predicted octanol–water partition coefficient (Wildman–Crippen LogP) is 7.06. The maximum atomic E-state index is 11.2. The number of rotatable bonds is 15. The molecule has 0 saturated carbocycles. The Labute approximate surface area is 164 Å². The molecule has 0 saturated heterocycles. The van der Waals surface area contributed by atoms with Crippen molar-refractivity contribution in [3.63, 3.8) is 0 Å². The van der Waals surface area contributed by atoms with Gasteiger partial charge in [-0.2, -0.15) is 0 Å². The summed E-state index contributed by atoms with van der Waals surface area (Å²) in [4.78, 5) is 11.2. The van der Waals surface area contributed by atoms with Crippen LogP contribution in [0.5, 0.6) is 5.75 Å². The number of carboxylic acid groups (broad SMARTS) is 1. The Morgan fingerprint density at radius 1 is 0.889 bits per heavy atom. The summed E-state index contributed by atoms with van der Waals surface area (Å²) in [5.74, 6) is -1.19. The van der Waals surface area contributed by atoms with Crippen molar-refractivity contribution in [3.05, 3.63) is 53.6 Å². The average Bonchev–Trinajstić information content (AvgIpc) is 2.64. The number of hydrogen-bond donors (Lipinski definition) is 2. The van der Waals surface area contributed by atoms with Crippen LogP contribution in [0.3, 0.4) is 0 Å². The van der Waals surface area contributed by atoms with Crippen molar-refractivity contribution in [2.24, 2.45) is 0 Å². The van der Waals surface area contributed by atoms with Crippen molar-refractivity contribution in [1.29, 1.82) is 0 Å². The SMILES string of the molecule is CCCCCC=CCC=CCCCCCCCc1cccc(O)c1C(=O)O. The van der Waals surface area contributed by atoms with Crippen LogP contribution in [0.25, 0.3) is 0 Å². The first kappa shape index (κ1) is 23.0.